The van der Waals surface area contributed by atoms with Crippen LogP contribution in [0.1, 0.15) is 45.4 Å². The molecule has 5 heteroatoms. The molecule has 5 nitrogen and oxygen atoms in total. The largest absolute Gasteiger partial charge is 0.382 e. The summed E-state index contributed by atoms with van der Waals surface area (Å²) in [6.45, 7) is 2.32. The average Bonchev–Trinajstić information content (AvgIpc) is 2.60. The molecule has 1 heterocycles. The minimum Gasteiger partial charge on any atom is -0.382 e. The number of fused-ring (bicyclic) bond motifs is 1. The zero-order chi connectivity index (χ0) is 17.9. The third kappa shape index (κ3) is 2.40. The van der Waals surface area contributed by atoms with Crippen LogP contribution in [0.5, 0.6) is 0 Å². The number of nitro benzene ring substituents is 1. The van der Waals surface area contributed by atoms with Crippen molar-refractivity contribution in [2.24, 2.45) is 23.2 Å². The fourth-order valence-corrected chi connectivity index (χ4v) is 6.55. The van der Waals surface area contributed by atoms with Gasteiger partial charge in [0.15, 0.2) is 0 Å². The molecule has 0 amide bonds. The van der Waals surface area contributed by atoms with Crippen molar-refractivity contribution in [3.05, 3.63) is 40.7 Å². The van der Waals surface area contributed by atoms with E-state index >= 15 is 0 Å². The highest BCUT2D eigenvalue weighted by Crippen LogP contribution is 2.61. The number of rotatable bonds is 4. The van der Waals surface area contributed by atoms with Crippen LogP contribution in [-0.4, -0.2) is 15.9 Å². The Morgan fingerprint density at radius 1 is 1.12 bits per heavy atom. The molecule has 0 spiro atoms. The average molecular weight is 351 g/mol. The lowest BCUT2D eigenvalue weighted by Crippen LogP contribution is -2.52. The van der Waals surface area contributed by atoms with Crippen LogP contribution in [0, 0.1) is 33.3 Å². The summed E-state index contributed by atoms with van der Waals surface area (Å²) < 4.78 is 0. The van der Waals surface area contributed by atoms with Gasteiger partial charge in [-0.2, -0.15) is 0 Å². The van der Waals surface area contributed by atoms with Gasteiger partial charge in [0.05, 0.1) is 10.3 Å². The Morgan fingerprint density at radius 3 is 2.38 bits per heavy atom. The highest BCUT2D eigenvalue weighted by Gasteiger charge is 2.53. The zero-order valence-corrected chi connectivity index (χ0v) is 15.1. The molecule has 1 atom stereocenters. The summed E-state index contributed by atoms with van der Waals surface area (Å²) in [6, 6.07) is 5.75. The van der Waals surface area contributed by atoms with E-state index in [2.05, 4.69) is 17.2 Å². The second-order valence-electron chi connectivity index (χ2n) is 8.96. The van der Waals surface area contributed by atoms with Gasteiger partial charge >= 0.3 is 0 Å². The second-order valence-corrected chi connectivity index (χ2v) is 8.96. The smallest absolute Gasteiger partial charge is 0.278 e. The Morgan fingerprint density at radius 2 is 1.77 bits per heavy atom. The molecule has 1 aromatic heterocycles. The summed E-state index contributed by atoms with van der Waals surface area (Å²) in [5, 5.41) is 16.6. The van der Waals surface area contributed by atoms with Crippen LogP contribution in [0.2, 0.25) is 0 Å². The highest BCUT2D eigenvalue weighted by atomic mass is 16.6. The zero-order valence-electron chi connectivity index (χ0n) is 15.1. The van der Waals surface area contributed by atoms with Crippen molar-refractivity contribution >= 4 is 22.1 Å². The predicted octanol–water partition coefficient (Wildman–Crippen LogP) is 5.16. The van der Waals surface area contributed by atoms with Gasteiger partial charge in [-0.15, -0.1) is 0 Å². The van der Waals surface area contributed by atoms with Crippen LogP contribution in [0.3, 0.4) is 0 Å². The van der Waals surface area contributed by atoms with Crippen LogP contribution >= 0.6 is 0 Å². The summed E-state index contributed by atoms with van der Waals surface area (Å²) in [5.41, 5.74) is 1.52. The first kappa shape index (κ1) is 16.0. The van der Waals surface area contributed by atoms with Crippen LogP contribution in [-0.2, 0) is 0 Å². The van der Waals surface area contributed by atoms with E-state index in [-0.39, 0.29) is 10.6 Å². The van der Waals surface area contributed by atoms with E-state index in [0.29, 0.717) is 16.8 Å². The van der Waals surface area contributed by atoms with Crippen LogP contribution in [0.15, 0.2) is 30.6 Å². The van der Waals surface area contributed by atoms with E-state index in [4.69, 9.17) is 0 Å². The molecular weight excluding hydrogens is 326 g/mol. The summed E-state index contributed by atoms with van der Waals surface area (Å²) in [6.07, 6.45) is 11.7. The number of hydrogen-bond donors (Lipinski definition) is 1. The fourth-order valence-electron chi connectivity index (χ4n) is 6.55. The lowest BCUT2D eigenvalue weighted by Gasteiger charge is -2.59. The van der Waals surface area contributed by atoms with Crippen molar-refractivity contribution in [1.29, 1.82) is 0 Å². The van der Waals surface area contributed by atoms with Gasteiger partial charge in [0.1, 0.15) is 0 Å². The lowest BCUT2D eigenvalue weighted by atomic mass is 9.48. The Kier molecular flexibility index (Phi) is 3.49. The van der Waals surface area contributed by atoms with Gasteiger partial charge in [-0.1, -0.05) is 0 Å². The van der Waals surface area contributed by atoms with Gasteiger partial charge in [0, 0.05) is 35.6 Å². The molecule has 0 aliphatic heterocycles. The topological polar surface area (TPSA) is 68.1 Å². The second kappa shape index (κ2) is 5.66. The van der Waals surface area contributed by atoms with Crippen LogP contribution < -0.4 is 5.32 Å². The first-order chi connectivity index (χ1) is 12.5. The third-order valence-electron chi connectivity index (χ3n) is 7.37. The molecule has 4 aliphatic rings. The van der Waals surface area contributed by atoms with Gasteiger partial charge in [-0.3, -0.25) is 15.1 Å². The maximum atomic E-state index is 11.3. The molecular formula is C21H25N3O2. The number of anilines is 1. The van der Waals surface area contributed by atoms with Crippen molar-refractivity contribution < 1.29 is 4.92 Å². The number of non-ortho nitro benzene ring substituents is 1. The van der Waals surface area contributed by atoms with E-state index in [1.807, 2.05) is 12.1 Å². The first-order valence-electron chi connectivity index (χ1n) is 9.82. The molecule has 0 unspecified atom stereocenters. The highest BCUT2D eigenvalue weighted by molar-refractivity contribution is 5.99. The molecule has 4 bridgehead atoms. The normalized spacial score (nSPS) is 33.3. The summed E-state index contributed by atoms with van der Waals surface area (Å²) in [7, 11) is 0. The number of hydrogen-bond acceptors (Lipinski definition) is 4. The predicted molar refractivity (Wildman–Crippen MR) is 102 cm³/mol. The molecule has 4 fully saturated rings. The van der Waals surface area contributed by atoms with Crippen LogP contribution in [0.25, 0.3) is 10.8 Å². The standard InChI is InChI=1S/C21H25N3O2/c1-13(21-9-14-6-15(10-21)8-16(7-14)11-21)23-19-2-3-20(24(25)26)18-12-22-5-4-17(18)19/h2-5,12-16,23H,6-11H2,1H3/t13-,14?,15?,16?,21?/m0/s1. The summed E-state index contributed by atoms with van der Waals surface area (Å²) in [5.74, 6) is 2.76. The van der Waals surface area contributed by atoms with E-state index in [9.17, 15) is 10.1 Å². The molecule has 4 saturated carbocycles. The molecule has 1 N–H and O–H groups in total. The quantitative estimate of drug-likeness (QED) is 0.610. The van der Waals surface area contributed by atoms with Crippen molar-refractivity contribution in [1.82, 2.24) is 4.98 Å². The number of nitrogens with one attached hydrogen (secondary N) is 1. The molecule has 6 rings (SSSR count). The molecule has 1 aromatic carbocycles. The maximum absolute atomic E-state index is 11.3. The van der Waals surface area contributed by atoms with E-state index in [1.165, 1.54) is 38.5 Å². The van der Waals surface area contributed by atoms with Crippen molar-refractivity contribution in [3.8, 4) is 0 Å². The molecule has 136 valence electrons. The molecule has 2 aromatic rings. The fraction of sp³-hybridized carbons (Fsp3) is 0.571. The summed E-state index contributed by atoms with van der Waals surface area (Å²) >= 11 is 0. The van der Waals surface area contributed by atoms with Gasteiger partial charge in [-0.25, -0.2) is 0 Å². The van der Waals surface area contributed by atoms with Crippen molar-refractivity contribution in [3.63, 3.8) is 0 Å². The van der Waals surface area contributed by atoms with E-state index in [0.717, 1.165) is 28.8 Å². The van der Waals surface area contributed by atoms with Crippen molar-refractivity contribution in [2.75, 3.05) is 5.32 Å². The molecule has 26 heavy (non-hydrogen) atoms. The Bertz CT molecular complexity index is 843. The number of benzene rings is 1. The Hall–Kier alpha value is -2.17. The first-order valence-corrected chi connectivity index (χ1v) is 9.82. The Labute approximate surface area is 153 Å². The van der Waals surface area contributed by atoms with Gasteiger partial charge in [-0.05, 0) is 80.8 Å². The number of pyridine rings is 1. The molecule has 0 radical (unpaired) electrons. The SMILES string of the molecule is C[C@H](Nc1ccc([N+](=O)[O-])c2cnccc12)C12CC3CC(CC(C3)C1)C2. The van der Waals surface area contributed by atoms with Gasteiger partial charge in [0.25, 0.3) is 5.69 Å². The van der Waals surface area contributed by atoms with Gasteiger partial charge < -0.3 is 5.32 Å². The van der Waals surface area contributed by atoms with Crippen molar-refractivity contribution in [2.45, 2.75) is 51.5 Å². The minimum atomic E-state index is -0.323. The Balaban J connectivity index is 1.48. The minimum absolute atomic E-state index is 0.126. The lowest BCUT2D eigenvalue weighted by molar-refractivity contribution is -0.383. The number of nitro groups is 1. The van der Waals surface area contributed by atoms with E-state index < -0.39 is 0 Å². The third-order valence-corrected chi connectivity index (χ3v) is 7.37. The number of nitrogens with zero attached hydrogens (tertiary/aromatic N) is 2. The monoisotopic (exact) mass is 351 g/mol. The maximum Gasteiger partial charge on any atom is 0.278 e. The summed E-state index contributed by atoms with van der Waals surface area (Å²) in [4.78, 5) is 15.1. The molecule has 4 aliphatic carbocycles. The number of aromatic nitrogens is 1. The van der Waals surface area contributed by atoms with Crippen LogP contribution in [0.4, 0.5) is 11.4 Å². The molecule has 0 saturated heterocycles. The van der Waals surface area contributed by atoms with Gasteiger partial charge in [0.2, 0.25) is 0 Å². The van der Waals surface area contributed by atoms with E-state index in [1.54, 1.807) is 18.5 Å².